The van der Waals surface area contributed by atoms with E-state index in [0.717, 1.165) is 27.7 Å². The van der Waals surface area contributed by atoms with Crippen LogP contribution in [0.15, 0.2) is 61.2 Å². The summed E-state index contributed by atoms with van der Waals surface area (Å²) in [6, 6.07) is 13.8. The number of hydrogen-bond acceptors (Lipinski definition) is 3. The monoisotopic (exact) mass is 299 g/mol. The second kappa shape index (κ2) is 5.43. The molecule has 0 saturated carbocycles. The Balaban J connectivity index is 1.67. The summed E-state index contributed by atoms with van der Waals surface area (Å²) in [6.07, 6.45) is 7.55. The number of fused-ring (bicyclic) bond motifs is 1. The highest BCUT2D eigenvalue weighted by molar-refractivity contribution is 5.92. The number of H-pyrrole nitrogens is 1. The van der Waals surface area contributed by atoms with Crippen LogP contribution < -0.4 is 0 Å². The lowest BCUT2D eigenvalue weighted by Gasteiger charge is -2.02. The van der Waals surface area contributed by atoms with Gasteiger partial charge in [-0.05, 0) is 35.4 Å². The Morgan fingerprint density at radius 1 is 1.22 bits per heavy atom. The Kier molecular flexibility index (Phi) is 3.13. The molecule has 1 N–H and O–H groups in total. The summed E-state index contributed by atoms with van der Waals surface area (Å²) in [5, 5.41) is 14.5. The van der Waals surface area contributed by atoms with Gasteiger partial charge in [-0.15, -0.1) is 0 Å². The lowest BCUT2D eigenvalue weighted by Crippen LogP contribution is -1.99. The van der Waals surface area contributed by atoms with Gasteiger partial charge in [-0.2, -0.15) is 10.4 Å². The number of aromatic amines is 1. The molecule has 0 bridgehead atoms. The Morgan fingerprint density at radius 3 is 3.09 bits per heavy atom. The number of pyridine rings is 1. The number of rotatable bonds is 3. The third-order valence-electron chi connectivity index (χ3n) is 3.81. The average molecular weight is 299 g/mol. The molecule has 5 nitrogen and oxygen atoms in total. The van der Waals surface area contributed by atoms with Crippen LogP contribution in [0.2, 0.25) is 0 Å². The quantitative estimate of drug-likeness (QED) is 0.630. The Labute approximate surface area is 132 Å². The van der Waals surface area contributed by atoms with Gasteiger partial charge in [0.2, 0.25) is 0 Å². The van der Waals surface area contributed by atoms with E-state index in [2.05, 4.69) is 21.1 Å². The zero-order valence-electron chi connectivity index (χ0n) is 12.3. The minimum absolute atomic E-state index is 0.636. The fraction of sp³-hybridized carbons (Fsp3) is 0.0556. The first-order valence-electron chi connectivity index (χ1n) is 7.27. The molecule has 4 aromatic rings. The minimum Gasteiger partial charge on any atom is -0.346 e. The predicted molar refractivity (Wildman–Crippen MR) is 87.6 cm³/mol. The van der Waals surface area contributed by atoms with Crippen molar-refractivity contribution < 1.29 is 0 Å². The lowest BCUT2D eigenvalue weighted by atomic mass is 10.1. The zero-order chi connectivity index (χ0) is 15.6. The number of aromatic nitrogens is 4. The van der Waals surface area contributed by atoms with E-state index in [9.17, 15) is 0 Å². The van der Waals surface area contributed by atoms with Crippen molar-refractivity contribution in [3.8, 4) is 17.2 Å². The lowest BCUT2D eigenvalue weighted by molar-refractivity contribution is 0.687. The second-order valence-electron chi connectivity index (χ2n) is 5.34. The molecule has 0 amide bonds. The summed E-state index contributed by atoms with van der Waals surface area (Å²) in [5.41, 5.74) is 4.75. The highest BCUT2D eigenvalue weighted by Crippen LogP contribution is 2.26. The highest BCUT2D eigenvalue weighted by atomic mass is 15.3. The third-order valence-corrected chi connectivity index (χ3v) is 3.81. The van der Waals surface area contributed by atoms with Gasteiger partial charge in [0, 0.05) is 29.5 Å². The minimum atomic E-state index is 0.636. The van der Waals surface area contributed by atoms with Crippen LogP contribution in [0.4, 0.5) is 0 Å². The Bertz CT molecular complexity index is 1020. The van der Waals surface area contributed by atoms with Gasteiger partial charge < -0.3 is 4.98 Å². The Hall–Kier alpha value is -3.39. The van der Waals surface area contributed by atoms with E-state index in [4.69, 9.17) is 5.26 Å². The van der Waals surface area contributed by atoms with Gasteiger partial charge in [0.1, 0.15) is 5.65 Å². The van der Waals surface area contributed by atoms with E-state index >= 15 is 0 Å². The number of benzene rings is 1. The molecular weight excluding hydrogens is 286 g/mol. The van der Waals surface area contributed by atoms with Gasteiger partial charge >= 0.3 is 0 Å². The van der Waals surface area contributed by atoms with Crippen molar-refractivity contribution in [2.75, 3.05) is 0 Å². The van der Waals surface area contributed by atoms with E-state index in [1.54, 1.807) is 12.3 Å². The van der Waals surface area contributed by atoms with Crippen molar-refractivity contribution in [2.24, 2.45) is 0 Å². The summed E-state index contributed by atoms with van der Waals surface area (Å²) in [4.78, 5) is 7.43. The molecular formula is C18H13N5. The molecule has 110 valence electrons. The van der Waals surface area contributed by atoms with Gasteiger partial charge in [-0.3, -0.25) is 4.68 Å². The van der Waals surface area contributed by atoms with E-state index in [-0.39, 0.29) is 0 Å². The number of nitrogens with zero attached hydrogens (tertiary/aromatic N) is 4. The predicted octanol–water partition coefficient (Wildman–Crippen LogP) is 3.35. The summed E-state index contributed by atoms with van der Waals surface area (Å²) in [7, 11) is 0. The normalized spacial score (nSPS) is 10.7. The topological polar surface area (TPSA) is 70.3 Å². The molecule has 0 unspecified atom stereocenters. The van der Waals surface area contributed by atoms with Crippen molar-refractivity contribution in [1.82, 2.24) is 19.7 Å². The summed E-state index contributed by atoms with van der Waals surface area (Å²) >= 11 is 0. The fourth-order valence-electron chi connectivity index (χ4n) is 2.73. The zero-order valence-corrected chi connectivity index (χ0v) is 12.3. The molecule has 3 heterocycles. The van der Waals surface area contributed by atoms with Gasteiger partial charge in [0.25, 0.3) is 0 Å². The molecule has 4 rings (SSSR count). The maximum absolute atomic E-state index is 8.98. The van der Waals surface area contributed by atoms with Gasteiger partial charge in [-0.1, -0.05) is 12.1 Å². The van der Waals surface area contributed by atoms with E-state index < -0.39 is 0 Å². The Morgan fingerprint density at radius 2 is 2.17 bits per heavy atom. The molecule has 0 aliphatic rings. The van der Waals surface area contributed by atoms with Crippen LogP contribution >= 0.6 is 0 Å². The van der Waals surface area contributed by atoms with Crippen LogP contribution in [0.3, 0.4) is 0 Å². The van der Waals surface area contributed by atoms with E-state index in [1.165, 1.54) is 0 Å². The molecule has 0 saturated heterocycles. The van der Waals surface area contributed by atoms with E-state index in [1.807, 2.05) is 53.6 Å². The maximum atomic E-state index is 8.98. The van der Waals surface area contributed by atoms with Crippen LogP contribution in [0.5, 0.6) is 0 Å². The number of nitrogens with one attached hydrogen (secondary N) is 1. The van der Waals surface area contributed by atoms with Crippen molar-refractivity contribution in [3.63, 3.8) is 0 Å². The van der Waals surface area contributed by atoms with Gasteiger partial charge in [-0.25, -0.2) is 4.98 Å². The maximum Gasteiger partial charge on any atom is 0.137 e. The molecule has 0 fully saturated rings. The van der Waals surface area contributed by atoms with Crippen molar-refractivity contribution >= 4 is 11.0 Å². The first kappa shape index (κ1) is 13.3. The number of nitriles is 1. The molecule has 3 aromatic heterocycles. The second-order valence-corrected chi connectivity index (χ2v) is 5.34. The fourth-order valence-corrected chi connectivity index (χ4v) is 2.73. The summed E-state index contributed by atoms with van der Waals surface area (Å²) < 4.78 is 1.88. The van der Waals surface area contributed by atoms with Crippen LogP contribution in [-0.4, -0.2) is 19.7 Å². The van der Waals surface area contributed by atoms with Crippen LogP contribution in [-0.2, 0) is 6.54 Å². The van der Waals surface area contributed by atoms with Crippen molar-refractivity contribution in [1.29, 1.82) is 5.26 Å². The van der Waals surface area contributed by atoms with E-state index in [0.29, 0.717) is 12.1 Å². The van der Waals surface area contributed by atoms with Crippen LogP contribution in [0.25, 0.3) is 22.2 Å². The molecule has 5 heteroatoms. The number of hydrogen-bond donors (Lipinski definition) is 1. The van der Waals surface area contributed by atoms with Crippen LogP contribution in [0, 0.1) is 11.3 Å². The van der Waals surface area contributed by atoms with Gasteiger partial charge in [0.15, 0.2) is 0 Å². The highest BCUT2D eigenvalue weighted by Gasteiger charge is 2.08. The standard InChI is InChI=1S/C18H13N5/c19-9-13-2-1-3-14(8-13)11-23-12-15(10-22-23)16-4-6-20-18-17(16)5-7-21-18/h1-8,10,12H,11H2,(H,20,21). The summed E-state index contributed by atoms with van der Waals surface area (Å²) in [6.45, 7) is 0.636. The van der Waals surface area contributed by atoms with Gasteiger partial charge in [0.05, 0.1) is 24.4 Å². The van der Waals surface area contributed by atoms with Crippen LogP contribution in [0.1, 0.15) is 11.1 Å². The third kappa shape index (κ3) is 2.47. The summed E-state index contributed by atoms with van der Waals surface area (Å²) in [5.74, 6) is 0. The molecule has 1 aromatic carbocycles. The molecule has 0 aliphatic carbocycles. The average Bonchev–Trinajstić information content (AvgIpc) is 3.23. The molecule has 23 heavy (non-hydrogen) atoms. The first-order chi connectivity index (χ1) is 11.3. The largest absolute Gasteiger partial charge is 0.346 e. The molecule has 0 spiro atoms. The van der Waals surface area contributed by atoms with Crippen molar-refractivity contribution in [3.05, 3.63) is 72.3 Å². The molecule has 0 aliphatic heterocycles. The molecule has 0 atom stereocenters. The first-order valence-corrected chi connectivity index (χ1v) is 7.27. The SMILES string of the molecule is N#Cc1cccc(Cn2cc(-c3ccnc4[nH]ccc34)cn2)c1. The smallest absolute Gasteiger partial charge is 0.137 e. The molecule has 0 radical (unpaired) electrons. The van der Waals surface area contributed by atoms with Crippen molar-refractivity contribution in [2.45, 2.75) is 6.54 Å².